The van der Waals surface area contributed by atoms with Gasteiger partial charge in [-0.05, 0) is 25.8 Å². The number of rotatable bonds is 4. The number of fused-ring (bicyclic) bond motifs is 2. The highest BCUT2D eigenvalue weighted by Gasteiger charge is 2.44. The molecule has 2 aliphatic rings. The Morgan fingerprint density at radius 1 is 1.20 bits per heavy atom. The highest BCUT2D eigenvalue weighted by atomic mass is 16.2. The molecule has 1 amide bonds. The molecule has 0 radical (unpaired) electrons. The van der Waals surface area contributed by atoms with Gasteiger partial charge in [0.1, 0.15) is 0 Å². The number of hydrogen-bond donors (Lipinski definition) is 0. The number of carbonyl (C=O) groups is 1. The first-order valence-electron chi connectivity index (χ1n) is 6.29. The molecule has 2 bridgehead atoms. The third kappa shape index (κ3) is 2.03. The average molecular weight is 210 g/mol. The van der Waals surface area contributed by atoms with Gasteiger partial charge in [0.2, 0.25) is 5.91 Å². The second-order valence-electron chi connectivity index (χ2n) is 4.83. The summed E-state index contributed by atoms with van der Waals surface area (Å²) in [6.07, 6.45) is 4.16. The molecular weight excluding hydrogens is 188 g/mol. The summed E-state index contributed by atoms with van der Waals surface area (Å²) in [5.74, 6) is 0.376. The van der Waals surface area contributed by atoms with Crippen LogP contribution in [0.2, 0.25) is 0 Å². The van der Waals surface area contributed by atoms with E-state index in [0.29, 0.717) is 18.0 Å². The summed E-state index contributed by atoms with van der Waals surface area (Å²) in [4.78, 5) is 16.5. The predicted molar refractivity (Wildman–Crippen MR) is 60.7 cm³/mol. The van der Waals surface area contributed by atoms with Crippen LogP contribution in [0.1, 0.15) is 39.5 Å². The lowest BCUT2D eigenvalue weighted by Crippen LogP contribution is -2.48. The van der Waals surface area contributed by atoms with E-state index in [-0.39, 0.29) is 0 Å². The topological polar surface area (TPSA) is 23.6 Å². The molecule has 2 aliphatic heterocycles. The van der Waals surface area contributed by atoms with Crippen molar-refractivity contribution in [1.29, 1.82) is 0 Å². The smallest absolute Gasteiger partial charge is 0.222 e. The molecule has 86 valence electrons. The van der Waals surface area contributed by atoms with E-state index in [1.165, 1.54) is 19.4 Å². The van der Waals surface area contributed by atoms with Crippen LogP contribution in [-0.2, 0) is 4.79 Å². The maximum absolute atomic E-state index is 11.8. The van der Waals surface area contributed by atoms with Crippen LogP contribution in [0.15, 0.2) is 0 Å². The van der Waals surface area contributed by atoms with Crippen molar-refractivity contribution in [3.05, 3.63) is 0 Å². The molecule has 0 spiro atoms. The van der Waals surface area contributed by atoms with Gasteiger partial charge >= 0.3 is 0 Å². The summed E-state index contributed by atoms with van der Waals surface area (Å²) in [7, 11) is 0. The normalized spacial score (nSPS) is 30.1. The van der Waals surface area contributed by atoms with Gasteiger partial charge in [-0.2, -0.15) is 0 Å². The molecule has 0 aromatic rings. The molecule has 2 atom stereocenters. The maximum atomic E-state index is 11.8. The molecule has 15 heavy (non-hydrogen) atoms. The average Bonchev–Trinajstić information content (AvgIpc) is 2.77. The highest BCUT2D eigenvalue weighted by molar-refractivity contribution is 5.77. The van der Waals surface area contributed by atoms with Crippen molar-refractivity contribution in [3.8, 4) is 0 Å². The van der Waals surface area contributed by atoms with Crippen molar-refractivity contribution < 1.29 is 4.79 Å². The predicted octanol–water partition coefficient (Wildman–Crippen LogP) is 1.48. The van der Waals surface area contributed by atoms with Crippen LogP contribution in [0.4, 0.5) is 0 Å². The highest BCUT2D eigenvalue weighted by Crippen LogP contribution is 2.31. The number of piperazine rings is 1. The van der Waals surface area contributed by atoms with E-state index in [4.69, 9.17) is 0 Å². The number of nitrogens with zero attached hydrogens (tertiary/aromatic N) is 2. The van der Waals surface area contributed by atoms with Crippen molar-refractivity contribution in [2.45, 2.75) is 51.6 Å². The molecular formula is C12H22N2O. The Labute approximate surface area is 92.4 Å². The van der Waals surface area contributed by atoms with E-state index >= 15 is 0 Å². The zero-order chi connectivity index (χ0) is 10.8. The van der Waals surface area contributed by atoms with Crippen LogP contribution in [0.5, 0.6) is 0 Å². The summed E-state index contributed by atoms with van der Waals surface area (Å²) in [5.41, 5.74) is 0. The first kappa shape index (κ1) is 10.9. The van der Waals surface area contributed by atoms with Crippen LogP contribution >= 0.6 is 0 Å². The number of hydrogen-bond acceptors (Lipinski definition) is 2. The first-order valence-corrected chi connectivity index (χ1v) is 6.29. The van der Waals surface area contributed by atoms with Gasteiger partial charge in [0.25, 0.3) is 0 Å². The molecule has 3 heteroatoms. The monoisotopic (exact) mass is 210 g/mol. The van der Waals surface area contributed by atoms with Gasteiger partial charge in [-0.15, -0.1) is 0 Å². The van der Waals surface area contributed by atoms with Crippen molar-refractivity contribution in [3.63, 3.8) is 0 Å². The van der Waals surface area contributed by atoms with E-state index in [1.54, 1.807) is 0 Å². The Morgan fingerprint density at radius 2 is 2.00 bits per heavy atom. The van der Waals surface area contributed by atoms with Crippen LogP contribution in [0.25, 0.3) is 0 Å². The van der Waals surface area contributed by atoms with Crippen molar-refractivity contribution >= 4 is 5.91 Å². The second-order valence-corrected chi connectivity index (χ2v) is 4.83. The standard InChI is InChI=1S/C12H22N2O/c1-3-5-12(15)14-9-10-7-11(14)8-13(10)6-4-2/h10-11H,3-9H2,1-2H3/t10-,11-/m0/s1. The molecule has 0 aromatic carbocycles. The summed E-state index contributed by atoms with van der Waals surface area (Å²) < 4.78 is 0. The van der Waals surface area contributed by atoms with Gasteiger partial charge in [0, 0.05) is 31.6 Å². The largest absolute Gasteiger partial charge is 0.337 e. The minimum absolute atomic E-state index is 0.376. The molecule has 0 saturated carbocycles. The fourth-order valence-corrected chi connectivity index (χ4v) is 2.97. The van der Waals surface area contributed by atoms with Gasteiger partial charge in [-0.1, -0.05) is 13.8 Å². The van der Waals surface area contributed by atoms with Crippen molar-refractivity contribution in [2.24, 2.45) is 0 Å². The molecule has 0 N–H and O–H groups in total. The lowest BCUT2D eigenvalue weighted by Gasteiger charge is -2.34. The fourth-order valence-electron chi connectivity index (χ4n) is 2.97. The first-order chi connectivity index (χ1) is 7.26. The summed E-state index contributed by atoms with van der Waals surface area (Å²) >= 11 is 0. The van der Waals surface area contributed by atoms with E-state index in [9.17, 15) is 4.79 Å². The zero-order valence-electron chi connectivity index (χ0n) is 9.91. The summed E-state index contributed by atoms with van der Waals surface area (Å²) in [5, 5.41) is 0. The number of likely N-dealkylation sites (tertiary alicyclic amines) is 2. The number of amides is 1. The van der Waals surface area contributed by atoms with Crippen LogP contribution < -0.4 is 0 Å². The molecule has 2 rings (SSSR count). The molecule has 0 aromatic heterocycles. The zero-order valence-corrected chi connectivity index (χ0v) is 9.91. The third-order valence-corrected chi connectivity index (χ3v) is 3.65. The van der Waals surface area contributed by atoms with E-state index in [0.717, 1.165) is 25.9 Å². The lowest BCUT2D eigenvalue weighted by molar-refractivity contribution is -0.133. The second kappa shape index (κ2) is 4.52. The SMILES string of the molecule is CCCC(=O)N1C[C@@H]2C[C@H]1CN2CCC. The minimum atomic E-state index is 0.376. The number of carbonyl (C=O) groups excluding carboxylic acids is 1. The third-order valence-electron chi connectivity index (χ3n) is 3.65. The molecule has 2 saturated heterocycles. The minimum Gasteiger partial charge on any atom is -0.337 e. The van der Waals surface area contributed by atoms with Crippen LogP contribution in [-0.4, -0.2) is 47.4 Å². The quantitative estimate of drug-likeness (QED) is 0.701. The van der Waals surface area contributed by atoms with Gasteiger partial charge in [-0.3, -0.25) is 9.69 Å². The molecule has 3 nitrogen and oxygen atoms in total. The van der Waals surface area contributed by atoms with E-state index in [2.05, 4.69) is 23.6 Å². The van der Waals surface area contributed by atoms with Gasteiger partial charge < -0.3 is 4.90 Å². The molecule has 0 unspecified atom stereocenters. The summed E-state index contributed by atoms with van der Waals surface area (Å²) in [6.45, 7) is 7.62. The Balaban J connectivity index is 1.88. The molecule has 2 heterocycles. The molecule has 0 aliphatic carbocycles. The van der Waals surface area contributed by atoms with Gasteiger partial charge in [0.15, 0.2) is 0 Å². The Bertz CT molecular complexity index is 242. The maximum Gasteiger partial charge on any atom is 0.222 e. The van der Waals surface area contributed by atoms with Gasteiger partial charge in [-0.25, -0.2) is 0 Å². The Kier molecular flexibility index (Phi) is 3.29. The Hall–Kier alpha value is -0.570. The fraction of sp³-hybridized carbons (Fsp3) is 0.917. The van der Waals surface area contributed by atoms with Crippen LogP contribution in [0, 0.1) is 0 Å². The van der Waals surface area contributed by atoms with Crippen molar-refractivity contribution in [2.75, 3.05) is 19.6 Å². The molecule has 2 fully saturated rings. The van der Waals surface area contributed by atoms with Gasteiger partial charge in [0.05, 0.1) is 0 Å². The van der Waals surface area contributed by atoms with E-state index in [1.807, 2.05) is 0 Å². The van der Waals surface area contributed by atoms with Crippen LogP contribution in [0.3, 0.4) is 0 Å². The lowest BCUT2D eigenvalue weighted by atomic mass is 10.2. The summed E-state index contributed by atoms with van der Waals surface area (Å²) in [6, 6.07) is 1.19. The van der Waals surface area contributed by atoms with E-state index < -0.39 is 0 Å². The Morgan fingerprint density at radius 3 is 2.53 bits per heavy atom. The van der Waals surface area contributed by atoms with Crippen molar-refractivity contribution in [1.82, 2.24) is 9.80 Å².